The molecule has 1 aromatic carbocycles. The molecule has 1 heterocycles. The van der Waals surface area contributed by atoms with Crippen molar-refractivity contribution in [2.75, 3.05) is 35.3 Å². The van der Waals surface area contributed by atoms with Crippen molar-refractivity contribution in [3.63, 3.8) is 0 Å². The molecule has 0 saturated carbocycles. The van der Waals surface area contributed by atoms with Gasteiger partial charge in [0.25, 0.3) is 5.69 Å². The fourth-order valence-electron chi connectivity index (χ4n) is 2.25. The lowest BCUT2D eigenvalue weighted by molar-refractivity contribution is -0.384. The van der Waals surface area contributed by atoms with Gasteiger partial charge in [-0.2, -0.15) is 11.8 Å². The molecule has 0 aromatic heterocycles. The summed E-state index contributed by atoms with van der Waals surface area (Å²) in [5.41, 5.74) is 1.87. The summed E-state index contributed by atoms with van der Waals surface area (Å²) in [4.78, 5) is 12.8. The molecule has 6 heteroatoms. The molecule has 1 atom stereocenters. The average Bonchev–Trinajstić information content (AvgIpc) is 2.91. The second-order valence-electron chi connectivity index (χ2n) is 4.65. The Morgan fingerprint density at radius 2 is 2.32 bits per heavy atom. The molecule has 104 valence electrons. The minimum atomic E-state index is -0.332. The van der Waals surface area contributed by atoms with E-state index in [4.69, 9.17) is 0 Å². The molecule has 1 fully saturated rings. The number of nitro benzene ring substituents is 1. The maximum absolute atomic E-state index is 11.0. The highest BCUT2D eigenvalue weighted by atomic mass is 32.2. The maximum Gasteiger partial charge on any atom is 0.273 e. The second kappa shape index (κ2) is 6.14. The number of benzene rings is 1. The number of rotatable bonds is 5. The van der Waals surface area contributed by atoms with Crippen LogP contribution in [-0.2, 0) is 0 Å². The van der Waals surface area contributed by atoms with Crippen LogP contribution >= 0.6 is 11.8 Å². The predicted octanol–water partition coefficient (Wildman–Crippen LogP) is 2.97. The number of nitrogens with zero attached hydrogens (tertiary/aromatic N) is 2. The zero-order valence-corrected chi connectivity index (χ0v) is 12.1. The first-order valence-electron chi connectivity index (χ1n) is 6.45. The Morgan fingerprint density at radius 3 is 2.89 bits per heavy atom. The van der Waals surface area contributed by atoms with Crippen LogP contribution in [0, 0.1) is 10.1 Å². The molecule has 0 radical (unpaired) electrons. The average molecular weight is 281 g/mol. The highest BCUT2D eigenvalue weighted by Gasteiger charge is 2.22. The predicted molar refractivity (Wildman–Crippen MR) is 81.4 cm³/mol. The van der Waals surface area contributed by atoms with Crippen molar-refractivity contribution >= 4 is 28.8 Å². The van der Waals surface area contributed by atoms with E-state index in [2.05, 4.69) is 10.2 Å². The van der Waals surface area contributed by atoms with Crippen LogP contribution in [0.1, 0.15) is 13.3 Å². The monoisotopic (exact) mass is 281 g/mol. The fourth-order valence-corrected chi connectivity index (χ4v) is 3.52. The van der Waals surface area contributed by atoms with E-state index in [-0.39, 0.29) is 10.6 Å². The Morgan fingerprint density at radius 1 is 1.53 bits per heavy atom. The number of hydrogen-bond acceptors (Lipinski definition) is 5. The maximum atomic E-state index is 11.0. The Balaban J connectivity index is 2.29. The molecule has 2 rings (SSSR count). The quantitative estimate of drug-likeness (QED) is 0.664. The molecular formula is C13H19N3O2S. The van der Waals surface area contributed by atoms with E-state index in [0.717, 1.165) is 30.1 Å². The lowest BCUT2D eigenvalue weighted by Crippen LogP contribution is -2.31. The van der Waals surface area contributed by atoms with Gasteiger partial charge in [-0.3, -0.25) is 10.1 Å². The summed E-state index contributed by atoms with van der Waals surface area (Å²) in [6.07, 6.45) is 1.14. The smallest absolute Gasteiger partial charge is 0.273 e. The van der Waals surface area contributed by atoms with Gasteiger partial charge in [0.1, 0.15) is 0 Å². The van der Waals surface area contributed by atoms with Crippen LogP contribution in [0.3, 0.4) is 0 Å². The minimum Gasteiger partial charge on any atom is -0.385 e. The second-order valence-corrected chi connectivity index (χ2v) is 5.80. The molecule has 1 aromatic rings. The number of nitro groups is 1. The molecule has 0 spiro atoms. The summed E-state index contributed by atoms with van der Waals surface area (Å²) in [6.45, 7) is 2.74. The first-order valence-corrected chi connectivity index (χ1v) is 7.61. The zero-order valence-electron chi connectivity index (χ0n) is 11.3. The molecule has 1 saturated heterocycles. The molecule has 5 nitrogen and oxygen atoms in total. The first-order chi connectivity index (χ1) is 9.11. The number of non-ortho nitro benzene ring substituents is 1. The molecule has 0 amide bonds. The van der Waals surface area contributed by atoms with Crippen LogP contribution in [0.5, 0.6) is 0 Å². The zero-order chi connectivity index (χ0) is 13.8. The summed E-state index contributed by atoms with van der Waals surface area (Å²) in [7, 11) is 2.02. The minimum absolute atomic E-state index is 0.144. The summed E-state index contributed by atoms with van der Waals surface area (Å²) >= 11 is 1.94. The summed E-state index contributed by atoms with van der Waals surface area (Å²) < 4.78 is 0. The number of hydrogen-bond donors (Lipinski definition) is 1. The Hall–Kier alpha value is -1.43. The third-order valence-corrected chi connectivity index (χ3v) is 4.50. The fraction of sp³-hybridized carbons (Fsp3) is 0.538. The van der Waals surface area contributed by atoms with Crippen LogP contribution in [0.4, 0.5) is 17.1 Å². The Kier molecular flexibility index (Phi) is 4.52. The Bertz CT molecular complexity index is 461. The lowest BCUT2D eigenvalue weighted by atomic mass is 10.1. The van der Waals surface area contributed by atoms with Gasteiger partial charge in [-0.25, -0.2) is 0 Å². The highest BCUT2D eigenvalue weighted by Crippen LogP contribution is 2.31. The Labute approximate surface area is 117 Å². The van der Waals surface area contributed by atoms with Gasteiger partial charge in [0.2, 0.25) is 0 Å². The van der Waals surface area contributed by atoms with E-state index in [1.165, 1.54) is 5.75 Å². The van der Waals surface area contributed by atoms with Crippen molar-refractivity contribution in [1.82, 2.24) is 0 Å². The number of anilines is 2. The van der Waals surface area contributed by atoms with Crippen molar-refractivity contribution in [3.8, 4) is 0 Å². The highest BCUT2D eigenvalue weighted by molar-refractivity contribution is 7.99. The van der Waals surface area contributed by atoms with E-state index in [1.54, 1.807) is 12.1 Å². The molecule has 1 N–H and O–H groups in total. The van der Waals surface area contributed by atoms with Crippen molar-refractivity contribution in [2.24, 2.45) is 0 Å². The largest absolute Gasteiger partial charge is 0.385 e. The molecule has 1 unspecified atom stereocenters. The molecular weight excluding hydrogens is 262 g/mol. The van der Waals surface area contributed by atoms with Gasteiger partial charge in [-0.15, -0.1) is 0 Å². The topological polar surface area (TPSA) is 58.4 Å². The van der Waals surface area contributed by atoms with Gasteiger partial charge in [-0.1, -0.05) is 0 Å². The normalized spacial score (nSPS) is 18.3. The van der Waals surface area contributed by atoms with Gasteiger partial charge in [0.15, 0.2) is 0 Å². The molecule has 1 aliphatic rings. The molecule has 1 aliphatic heterocycles. The van der Waals surface area contributed by atoms with Gasteiger partial charge >= 0.3 is 0 Å². The first kappa shape index (κ1) is 14.0. The van der Waals surface area contributed by atoms with Gasteiger partial charge in [0.05, 0.1) is 4.92 Å². The number of thioether (sulfide) groups is 1. The third kappa shape index (κ3) is 3.32. The summed E-state index contributed by atoms with van der Waals surface area (Å²) in [5, 5.41) is 14.2. The van der Waals surface area contributed by atoms with Crippen LogP contribution in [0.25, 0.3) is 0 Å². The summed E-state index contributed by atoms with van der Waals surface area (Å²) in [6, 6.07) is 5.70. The van der Waals surface area contributed by atoms with Crippen LogP contribution < -0.4 is 10.2 Å². The third-order valence-electron chi connectivity index (χ3n) is 3.35. The number of nitrogens with one attached hydrogen (secondary N) is 1. The van der Waals surface area contributed by atoms with E-state index >= 15 is 0 Å². The van der Waals surface area contributed by atoms with Gasteiger partial charge < -0.3 is 10.2 Å². The SMILES string of the molecule is CCNc1cc(N(C)C2CCSC2)cc([N+](=O)[O-])c1. The van der Waals surface area contributed by atoms with Crippen molar-refractivity contribution in [3.05, 3.63) is 28.3 Å². The van der Waals surface area contributed by atoms with Crippen LogP contribution in [0.15, 0.2) is 18.2 Å². The van der Waals surface area contributed by atoms with Gasteiger partial charge in [0, 0.05) is 48.9 Å². The molecule has 0 bridgehead atoms. The van der Waals surface area contributed by atoms with E-state index < -0.39 is 0 Å². The van der Waals surface area contributed by atoms with Crippen molar-refractivity contribution in [2.45, 2.75) is 19.4 Å². The van der Waals surface area contributed by atoms with Crippen LogP contribution in [0.2, 0.25) is 0 Å². The molecule has 19 heavy (non-hydrogen) atoms. The van der Waals surface area contributed by atoms with E-state index in [9.17, 15) is 10.1 Å². The lowest BCUT2D eigenvalue weighted by Gasteiger charge is -2.26. The molecule has 0 aliphatic carbocycles. The standard InChI is InChI=1S/C13H19N3O2S/c1-3-14-10-6-12(8-13(7-10)16(17)18)15(2)11-4-5-19-9-11/h6-8,11,14H,3-5,9H2,1-2H3. The summed E-state index contributed by atoms with van der Waals surface area (Å²) in [5.74, 6) is 2.26. The van der Waals surface area contributed by atoms with Crippen molar-refractivity contribution in [1.29, 1.82) is 0 Å². The van der Waals surface area contributed by atoms with E-state index in [1.807, 2.05) is 31.8 Å². The van der Waals surface area contributed by atoms with Crippen LogP contribution in [-0.4, -0.2) is 36.1 Å². The van der Waals surface area contributed by atoms with E-state index in [0.29, 0.717) is 6.04 Å². The van der Waals surface area contributed by atoms with Gasteiger partial charge in [-0.05, 0) is 25.2 Å². The van der Waals surface area contributed by atoms with Crippen molar-refractivity contribution < 1.29 is 4.92 Å².